The number of anilines is 2. The van der Waals surface area contributed by atoms with E-state index >= 15 is 0 Å². The van der Waals surface area contributed by atoms with Crippen LogP contribution in [0.15, 0.2) is 42.7 Å². The van der Waals surface area contributed by atoms with Gasteiger partial charge in [0, 0.05) is 41.6 Å². The fourth-order valence-corrected chi connectivity index (χ4v) is 3.46. The maximum atomic E-state index is 8.83. The molecule has 0 bridgehead atoms. The molecule has 1 aliphatic carbocycles. The Kier molecular flexibility index (Phi) is 5.79. The summed E-state index contributed by atoms with van der Waals surface area (Å²) in [6.07, 6.45) is 5.76. The van der Waals surface area contributed by atoms with Crippen LogP contribution in [-0.4, -0.2) is 28.0 Å². The first-order valence-corrected chi connectivity index (χ1v) is 10.1. The van der Waals surface area contributed by atoms with Crippen LogP contribution in [0.2, 0.25) is 10.0 Å². The average Bonchev–Trinajstić information content (AvgIpc) is 3.57. The lowest BCUT2D eigenvalue weighted by atomic mass is 10.1. The Labute approximate surface area is 178 Å². The van der Waals surface area contributed by atoms with E-state index in [2.05, 4.69) is 26.7 Å². The SMILES string of the molecule is N#Cc1ccc(NCCNc2nc(-c3ccc(Cl)cc3Cl)ncc2C2CC2)nc1. The van der Waals surface area contributed by atoms with Gasteiger partial charge < -0.3 is 10.6 Å². The number of nitrogens with zero attached hydrogens (tertiary/aromatic N) is 4. The second kappa shape index (κ2) is 8.64. The van der Waals surface area contributed by atoms with Gasteiger partial charge in [0.1, 0.15) is 17.7 Å². The Morgan fingerprint density at radius 3 is 2.55 bits per heavy atom. The first-order valence-electron chi connectivity index (χ1n) is 9.30. The lowest BCUT2D eigenvalue weighted by molar-refractivity contribution is 0.994. The Balaban J connectivity index is 1.45. The largest absolute Gasteiger partial charge is 0.368 e. The van der Waals surface area contributed by atoms with Gasteiger partial charge in [-0.05, 0) is 49.1 Å². The lowest BCUT2D eigenvalue weighted by Gasteiger charge is -2.13. The minimum Gasteiger partial charge on any atom is -0.368 e. The topological polar surface area (TPSA) is 86.5 Å². The van der Waals surface area contributed by atoms with Crippen LogP contribution in [0.25, 0.3) is 11.4 Å². The van der Waals surface area contributed by atoms with E-state index in [0.29, 0.717) is 40.4 Å². The Bertz CT molecular complexity index is 1060. The predicted molar refractivity (Wildman–Crippen MR) is 115 cm³/mol. The first-order chi connectivity index (χ1) is 14.1. The molecule has 2 heterocycles. The van der Waals surface area contributed by atoms with Crippen molar-refractivity contribution in [3.05, 3.63) is 63.9 Å². The van der Waals surface area contributed by atoms with Crippen LogP contribution < -0.4 is 10.6 Å². The Hall–Kier alpha value is -2.88. The van der Waals surface area contributed by atoms with Crippen LogP contribution in [0.5, 0.6) is 0 Å². The van der Waals surface area contributed by atoms with E-state index in [9.17, 15) is 0 Å². The molecule has 1 aromatic carbocycles. The minimum absolute atomic E-state index is 0.514. The van der Waals surface area contributed by atoms with Crippen LogP contribution in [0, 0.1) is 11.3 Å². The molecule has 2 aromatic heterocycles. The van der Waals surface area contributed by atoms with E-state index in [1.807, 2.05) is 12.3 Å². The fourth-order valence-electron chi connectivity index (χ4n) is 2.96. The number of halogens is 2. The van der Waals surface area contributed by atoms with Crippen molar-refractivity contribution in [2.75, 3.05) is 23.7 Å². The summed E-state index contributed by atoms with van der Waals surface area (Å²) >= 11 is 12.3. The molecular weight excluding hydrogens is 407 g/mol. The quantitative estimate of drug-likeness (QED) is 0.511. The lowest BCUT2D eigenvalue weighted by Crippen LogP contribution is -2.16. The summed E-state index contributed by atoms with van der Waals surface area (Å²) in [7, 11) is 0. The molecule has 0 radical (unpaired) electrons. The fraction of sp³-hybridized carbons (Fsp3) is 0.238. The van der Waals surface area contributed by atoms with Gasteiger partial charge in [-0.25, -0.2) is 15.0 Å². The minimum atomic E-state index is 0.514. The van der Waals surface area contributed by atoms with Crippen LogP contribution in [0.1, 0.15) is 29.9 Å². The number of nitriles is 1. The van der Waals surface area contributed by atoms with E-state index in [-0.39, 0.29) is 0 Å². The summed E-state index contributed by atoms with van der Waals surface area (Å²) in [6, 6.07) is 10.9. The molecule has 3 aromatic rings. The van der Waals surface area contributed by atoms with Crippen LogP contribution in [-0.2, 0) is 0 Å². The molecule has 1 fully saturated rings. The second-order valence-corrected chi connectivity index (χ2v) is 7.64. The summed E-state index contributed by atoms with van der Waals surface area (Å²) < 4.78 is 0. The third kappa shape index (κ3) is 4.76. The zero-order valence-electron chi connectivity index (χ0n) is 15.5. The highest BCUT2D eigenvalue weighted by Crippen LogP contribution is 2.43. The zero-order chi connectivity index (χ0) is 20.2. The van der Waals surface area contributed by atoms with Gasteiger partial charge >= 0.3 is 0 Å². The molecule has 8 heteroatoms. The van der Waals surface area contributed by atoms with E-state index in [1.54, 1.807) is 30.5 Å². The third-order valence-electron chi connectivity index (χ3n) is 4.62. The van der Waals surface area contributed by atoms with Gasteiger partial charge in [-0.2, -0.15) is 5.26 Å². The molecule has 0 amide bonds. The summed E-state index contributed by atoms with van der Waals surface area (Å²) in [5, 5.41) is 16.6. The molecule has 6 nitrogen and oxygen atoms in total. The smallest absolute Gasteiger partial charge is 0.163 e. The molecule has 0 spiro atoms. The average molecular weight is 425 g/mol. The van der Waals surface area contributed by atoms with E-state index in [0.717, 1.165) is 35.6 Å². The van der Waals surface area contributed by atoms with Gasteiger partial charge in [0.2, 0.25) is 0 Å². The number of nitrogens with one attached hydrogen (secondary N) is 2. The number of hydrogen-bond donors (Lipinski definition) is 2. The van der Waals surface area contributed by atoms with Crippen molar-refractivity contribution in [2.24, 2.45) is 0 Å². The molecule has 0 unspecified atom stereocenters. The van der Waals surface area contributed by atoms with Gasteiger partial charge in [-0.3, -0.25) is 0 Å². The number of benzene rings is 1. The monoisotopic (exact) mass is 424 g/mol. The summed E-state index contributed by atoms with van der Waals surface area (Å²) in [5.74, 6) is 2.64. The van der Waals surface area contributed by atoms with Crippen molar-refractivity contribution in [3.8, 4) is 17.5 Å². The van der Waals surface area contributed by atoms with E-state index < -0.39 is 0 Å². The number of hydrogen-bond acceptors (Lipinski definition) is 6. The molecule has 1 saturated carbocycles. The molecule has 0 saturated heterocycles. The van der Waals surface area contributed by atoms with Crippen molar-refractivity contribution in [1.29, 1.82) is 5.26 Å². The summed E-state index contributed by atoms with van der Waals surface area (Å²) in [4.78, 5) is 13.5. The van der Waals surface area contributed by atoms with Gasteiger partial charge in [-0.1, -0.05) is 23.2 Å². The highest BCUT2D eigenvalue weighted by molar-refractivity contribution is 6.36. The first kappa shape index (κ1) is 19.4. The van der Waals surface area contributed by atoms with Crippen molar-refractivity contribution in [1.82, 2.24) is 15.0 Å². The van der Waals surface area contributed by atoms with Crippen LogP contribution >= 0.6 is 23.2 Å². The van der Waals surface area contributed by atoms with Gasteiger partial charge in [0.15, 0.2) is 5.82 Å². The normalized spacial score (nSPS) is 13.0. The van der Waals surface area contributed by atoms with E-state index in [1.165, 1.54) is 0 Å². The maximum Gasteiger partial charge on any atom is 0.163 e. The molecule has 1 aliphatic rings. The standard InChI is InChI=1S/C21H18Cl2N6/c22-15-4-5-16(18(23)9-15)20-28-12-17(14-2-3-14)21(29-20)26-8-7-25-19-6-1-13(10-24)11-27-19/h1,4-6,9,11-12,14H,2-3,7-8H2,(H,25,27)(H,26,28,29). The van der Waals surface area contributed by atoms with E-state index in [4.69, 9.17) is 33.4 Å². The number of rotatable bonds is 7. The zero-order valence-corrected chi connectivity index (χ0v) is 17.0. The molecular formula is C21H18Cl2N6. The van der Waals surface area contributed by atoms with Gasteiger partial charge in [0.05, 0.1) is 10.6 Å². The molecule has 0 atom stereocenters. The van der Waals surface area contributed by atoms with Gasteiger partial charge in [-0.15, -0.1) is 0 Å². The van der Waals surface area contributed by atoms with Crippen molar-refractivity contribution in [3.63, 3.8) is 0 Å². The maximum absolute atomic E-state index is 8.83. The number of pyridine rings is 1. The Morgan fingerprint density at radius 2 is 1.86 bits per heavy atom. The van der Waals surface area contributed by atoms with Crippen LogP contribution in [0.4, 0.5) is 11.6 Å². The Morgan fingerprint density at radius 1 is 1.03 bits per heavy atom. The van der Waals surface area contributed by atoms with Crippen molar-refractivity contribution >= 4 is 34.8 Å². The highest BCUT2D eigenvalue weighted by atomic mass is 35.5. The second-order valence-electron chi connectivity index (χ2n) is 6.79. The van der Waals surface area contributed by atoms with Crippen molar-refractivity contribution in [2.45, 2.75) is 18.8 Å². The summed E-state index contributed by atoms with van der Waals surface area (Å²) in [5.41, 5.74) is 2.42. The van der Waals surface area contributed by atoms with Crippen LogP contribution in [0.3, 0.4) is 0 Å². The third-order valence-corrected chi connectivity index (χ3v) is 5.17. The van der Waals surface area contributed by atoms with Gasteiger partial charge in [0.25, 0.3) is 0 Å². The summed E-state index contributed by atoms with van der Waals surface area (Å²) in [6.45, 7) is 1.32. The molecule has 146 valence electrons. The number of aromatic nitrogens is 3. The van der Waals surface area contributed by atoms with Crippen molar-refractivity contribution < 1.29 is 0 Å². The predicted octanol–water partition coefficient (Wildman–Crippen LogP) is 5.12. The highest BCUT2D eigenvalue weighted by Gasteiger charge is 2.27. The molecule has 0 aliphatic heterocycles. The molecule has 29 heavy (non-hydrogen) atoms. The molecule has 2 N–H and O–H groups in total. The molecule has 4 rings (SSSR count).